The van der Waals surface area contributed by atoms with E-state index in [1.54, 1.807) is 48.5 Å². The molecule has 4 rings (SSSR count). The Morgan fingerprint density at radius 1 is 0.824 bits per heavy atom. The molecular formula is C28H31N3O3. The number of carbonyl (C=O) groups is 2. The Morgan fingerprint density at radius 2 is 1.44 bits per heavy atom. The highest BCUT2D eigenvalue weighted by atomic mass is 16.5. The van der Waals surface area contributed by atoms with E-state index >= 15 is 0 Å². The van der Waals surface area contributed by atoms with Crippen molar-refractivity contribution in [2.45, 2.75) is 39.1 Å². The molecule has 34 heavy (non-hydrogen) atoms. The summed E-state index contributed by atoms with van der Waals surface area (Å²) < 4.78 is 5.81. The number of morpholine rings is 1. The molecule has 1 aliphatic rings. The lowest BCUT2D eigenvalue weighted by Crippen LogP contribution is -2.44. The Hall–Kier alpha value is -3.48. The van der Waals surface area contributed by atoms with Crippen molar-refractivity contribution in [1.82, 2.24) is 10.2 Å². The molecule has 1 aliphatic heterocycles. The van der Waals surface area contributed by atoms with Crippen molar-refractivity contribution < 1.29 is 14.3 Å². The minimum Gasteiger partial charge on any atom is -0.373 e. The molecular weight excluding hydrogens is 426 g/mol. The number of hydrogen-bond acceptors (Lipinski definition) is 4. The molecule has 1 heterocycles. The maximum atomic E-state index is 12.9. The monoisotopic (exact) mass is 457 g/mol. The van der Waals surface area contributed by atoms with Crippen LogP contribution in [0.3, 0.4) is 0 Å². The minimum atomic E-state index is -0.250. The van der Waals surface area contributed by atoms with Crippen LogP contribution in [0.4, 0.5) is 5.69 Å². The molecule has 0 bridgehead atoms. The topological polar surface area (TPSA) is 70.7 Å². The SMILES string of the molecule is CC1CN(Cc2ccc(CNC(=O)c3ccccc3NC(=O)c3ccccc3)cc2)CC(C)O1. The summed E-state index contributed by atoms with van der Waals surface area (Å²) in [5, 5.41) is 5.81. The van der Waals surface area contributed by atoms with Crippen molar-refractivity contribution in [2.24, 2.45) is 0 Å². The molecule has 1 fully saturated rings. The van der Waals surface area contributed by atoms with E-state index in [-0.39, 0.29) is 24.0 Å². The summed E-state index contributed by atoms with van der Waals surface area (Å²) in [6, 6.07) is 24.3. The highest BCUT2D eigenvalue weighted by Crippen LogP contribution is 2.18. The number of carbonyl (C=O) groups excluding carboxylic acids is 2. The molecule has 2 amide bonds. The fraction of sp³-hybridized carbons (Fsp3) is 0.286. The molecule has 2 unspecified atom stereocenters. The van der Waals surface area contributed by atoms with E-state index in [1.807, 2.05) is 18.2 Å². The van der Waals surface area contributed by atoms with E-state index in [4.69, 9.17) is 4.74 Å². The summed E-state index contributed by atoms with van der Waals surface area (Å²) in [5.74, 6) is -0.482. The van der Waals surface area contributed by atoms with Crippen LogP contribution < -0.4 is 10.6 Å². The lowest BCUT2D eigenvalue weighted by atomic mass is 10.1. The third-order valence-corrected chi connectivity index (χ3v) is 5.83. The molecule has 0 spiro atoms. The molecule has 6 nitrogen and oxygen atoms in total. The number of amides is 2. The van der Waals surface area contributed by atoms with E-state index in [0.29, 0.717) is 23.4 Å². The van der Waals surface area contributed by atoms with Gasteiger partial charge in [0.2, 0.25) is 0 Å². The Labute approximate surface area is 200 Å². The predicted molar refractivity (Wildman–Crippen MR) is 134 cm³/mol. The zero-order valence-electron chi connectivity index (χ0n) is 19.7. The van der Waals surface area contributed by atoms with Crippen LogP contribution in [0.5, 0.6) is 0 Å². The molecule has 0 saturated carbocycles. The van der Waals surface area contributed by atoms with Crippen LogP contribution in [0.2, 0.25) is 0 Å². The molecule has 3 aromatic rings. The molecule has 1 saturated heterocycles. The van der Waals surface area contributed by atoms with Gasteiger partial charge in [-0.05, 0) is 49.2 Å². The van der Waals surface area contributed by atoms with Crippen molar-refractivity contribution >= 4 is 17.5 Å². The number of anilines is 1. The van der Waals surface area contributed by atoms with Crippen molar-refractivity contribution in [1.29, 1.82) is 0 Å². The van der Waals surface area contributed by atoms with Crippen LogP contribution in [0, 0.1) is 0 Å². The quantitative estimate of drug-likeness (QED) is 0.549. The van der Waals surface area contributed by atoms with Gasteiger partial charge in [-0.2, -0.15) is 0 Å². The molecule has 6 heteroatoms. The average Bonchev–Trinajstić information content (AvgIpc) is 2.83. The number of hydrogen-bond donors (Lipinski definition) is 2. The van der Waals surface area contributed by atoms with Crippen molar-refractivity contribution in [3.05, 3.63) is 101 Å². The smallest absolute Gasteiger partial charge is 0.255 e. The second kappa shape index (κ2) is 11.1. The zero-order chi connectivity index (χ0) is 23.9. The predicted octanol–water partition coefficient (Wildman–Crippen LogP) is 4.48. The van der Waals surface area contributed by atoms with E-state index in [1.165, 1.54) is 5.56 Å². The number of para-hydroxylation sites is 1. The molecule has 2 atom stereocenters. The van der Waals surface area contributed by atoms with Crippen LogP contribution in [0.1, 0.15) is 45.7 Å². The zero-order valence-corrected chi connectivity index (χ0v) is 19.7. The van der Waals surface area contributed by atoms with Crippen molar-refractivity contribution in [3.63, 3.8) is 0 Å². The number of benzene rings is 3. The molecule has 0 radical (unpaired) electrons. The Bertz CT molecular complexity index is 1110. The molecule has 2 N–H and O–H groups in total. The van der Waals surface area contributed by atoms with Gasteiger partial charge >= 0.3 is 0 Å². The van der Waals surface area contributed by atoms with E-state index in [2.05, 4.69) is 41.5 Å². The first-order valence-electron chi connectivity index (χ1n) is 11.7. The first-order valence-corrected chi connectivity index (χ1v) is 11.7. The average molecular weight is 458 g/mol. The number of rotatable bonds is 7. The minimum absolute atomic E-state index is 0.232. The fourth-order valence-electron chi connectivity index (χ4n) is 4.29. The van der Waals surface area contributed by atoms with Crippen LogP contribution in [0.25, 0.3) is 0 Å². The van der Waals surface area contributed by atoms with Gasteiger partial charge in [-0.15, -0.1) is 0 Å². The highest BCUT2D eigenvalue weighted by molar-refractivity contribution is 6.08. The second-order valence-corrected chi connectivity index (χ2v) is 8.82. The van der Waals surface area contributed by atoms with Gasteiger partial charge in [-0.25, -0.2) is 0 Å². The highest BCUT2D eigenvalue weighted by Gasteiger charge is 2.22. The summed E-state index contributed by atoms with van der Waals surface area (Å²) in [6.07, 6.45) is 0.497. The van der Waals surface area contributed by atoms with Crippen LogP contribution in [-0.2, 0) is 17.8 Å². The van der Waals surface area contributed by atoms with Gasteiger partial charge in [0.15, 0.2) is 0 Å². The Morgan fingerprint density at radius 3 is 2.15 bits per heavy atom. The van der Waals surface area contributed by atoms with Crippen LogP contribution in [0.15, 0.2) is 78.9 Å². The lowest BCUT2D eigenvalue weighted by molar-refractivity contribution is -0.0704. The lowest BCUT2D eigenvalue weighted by Gasteiger charge is -2.35. The molecule has 0 aliphatic carbocycles. The summed E-state index contributed by atoms with van der Waals surface area (Å²) in [6.45, 7) is 7.38. The van der Waals surface area contributed by atoms with Gasteiger partial charge in [0.05, 0.1) is 23.5 Å². The molecule has 3 aromatic carbocycles. The van der Waals surface area contributed by atoms with Gasteiger partial charge in [0, 0.05) is 31.7 Å². The molecule has 176 valence electrons. The van der Waals surface area contributed by atoms with Gasteiger partial charge in [0.25, 0.3) is 11.8 Å². The van der Waals surface area contributed by atoms with E-state index < -0.39 is 0 Å². The van der Waals surface area contributed by atoms with E-state index in [0.717, 1.165) is 25.2 Å². The summed E-state index contributed by atoms with van der Waals surface area (Å²) >= 11 is 0. The third-order valence-electron chi connectivity index (χ3n) is 5.83. The fourth-order valence-corrected chi connectivity index (χ4v) is 4.29. The standard InChI is InChI=1S/C28H31N3O3/c1-20-17-31(18-21(2)34-20)19-23-14-12-22(13-15-23)16-29-28(33)25-10-6-7-11-26(25)30-27(32)24-8-4-3-5-9-24/h3-15,20-21H,16-19H2,1-2H3,(H,29,33)(H,30,32). The first-order chi connectivity index (χ1) is 16.5. The normalized spacial score (nSPS) is 18.3. The summed E-state index contributed by atoms with van der Waals surface area (Å²) in [4.78, 5) is 27.8. The maximum absolute atomic E-state index is 12.9. The van der Waals surface area contributed by atoms with Gasteiger partial charge in [0.1, 0.15) is 0 Å². The second-order valence-electron chi connectivity index (χ2n) is 8.82. The largest absolute Gasteiger partial charge is 0.373 e. The Kier molecular flexibility index (Phi) is 7.72. The molecule has 0 aromatic heterocycles. The number of nitrogens with zero attached hydrogens (tertiary/aromatic N) is 1. The Balaban J connectivity index is 1.34. The van der Waals surface area contributed by atoms with Crippen LogP contribution >= 0.6 is 0 Å². The third kappa shape index (κ3) is 6.31. The van der Waals surface area contributed by atoms with Crippen LogP contribution in [-0.4, -0.2) is 42.0 Å². The van der Waals surface area contributed by atoms with Crippen molar-refractivity contribution in [3.8, 4) is 0 Å². The number of ether oxygens (including phenoxy) is 1. The van der Waals surface area contributed by atoms with Gasteiger partial charge in [-0.1, -0.05) is 54.6 Å². The van der Waals surface area contributed by atoms with Gasteiger partial charge in [-0.3, -0.25) is 14.5 Å². The maximum Gasteiger partial charge on any atom is 0.255 e. The summed E-state index contributed by atoms with van der Waals surface area (Å²) in [5.41, 5.74) is 3.72. The van der Waals surface area contributed by atoms with E-state index in [9.17, 15) is 9.59 Å². The first kappa shape index (κ1) is 23.7. The summed E-state index contributed by atoms with van der Waals surface area (Å²) in [7, 11) is 0. The number of nitrogens with one attached hydrogen (secondary N) is 2. The van der Waals surface area contributed by atoms with Crippen molar-refractivity contribution in [2.75, 3.05) is 18.4 Å². The van der Waals surface area contributed by atoms with Gasteiger partial charge < -0.3 is 15.4 Å².